The molecular weight excluding hydrogens is 378 g/mol. The van der Waals surface area contributed by atoms with Crippen LogP contribution < -0.4 is 22.1 Å². The molecule has 10 nitrogen and oxygen atoms in total. The molecule has 1 aliphatic rings. The molecule has 4 amide bonds. The fraction of sp³-hybridized carbons (Fsp3) is 0.474. The highest BCUT2D eigenvalue weighted by Crippen LogP contribution is 2.16. The second-order valence-corrected chi connectivity index (χ2v) is 7.07. The van der Waals surface area contributed by atoms with Crippen molar-refractivity contribution in [2.45, 2.75) is 44.3 Å². The van der Waals surface area contributed by atoms with Gasteiger partial charge in [0.25, 0.3) is 0 Å². The second-order valence-electron chi connectivity index (χ2n) is 7.07. The lowest BCUT2D eigenvalue weighted by molar-refractivity contribution is -0.138. The summed E-state index contributed by atoms with van der Waals surface area (Å²) >= 11 is 0. The van der Waals surface area contributed by atoms with Gasteiger partial charge in [0.1, 0.15) is 17.8 Å². The van der Waals surface area contributed by atoms with Crippen LogP contribution >= 0.6 is 0 Å². The van der Waals surface area contributed by atoms with Gasteiger partial charge >= 0.3 is 0 Å². The van der Waals surface area contributed by atoms with Gasteiger partial charge in [-0.15, -0.1) is 0 Å². The van der Waals surface area contributed by atoms with E-state index in [-0.39, 0.29) is 18.7 Å². The minimum absolute atomic E-state index is 0.114. The molecule has 158 valence electrons. The number of aromatic hydroxyl groups is 1. The highest BCUT2D eigenvalue weighted by Gasteiger charge is 2.32. The summed E-state index contributed by atoms with van der Waals surface area (Å²) < 4.78 is 0. The Bertz CT molecular complexity index is 767. The summed E-state index contributed by atoms with van der Waals surface area (Å²) in [5, 5.41) is 14.2. The van der Waals surface area contributed by atoms with Crippen molar-refractivity contribution in [3.63, 3.8) is 0 Å². The predicted octanol–water partition coefficient (Wildman–Crippen LogP) is -1.64. The molecule has 1 heterocycles. The minimum atomic E-state index is -0.897. The highest BCUT2D eigenvalue weighted by molar-refractivity contribution is 5.93. The van der Waals surface area contributed by atoms with Gasteiger partial charge in [0.05, 0.1) is 12.6 Å². The van der Waals surface area contributed by atoms with Crippen LogP contribution in [0.25, 0.3) is 0 Å². The summed E-state index contributed by atoms with van der Waals surface area (Å²) in [5.74, 6) is -1.91. The summed E-state index contributed by atoms with van der Waals surface area (Å²) in [5.41, 5.74) is 11.9. The number of rotatable bonds is 8. The van der Waals surface area contributed by atoms with Gasteiger partial charge in [-0.25, -0.2) is 0 Å². The molecule has 1 aliphatic heterocycles. The number of amides is 4. The third-order valence-electron chi connectivity index (χ3n) is 4.80. The maximum absolute atomic E-state index is 12.2. The topological polar surface area (TPSA) is 168 Å². The van der Waals surface area contributed by atoms with Crippen molar-refractivity contribution in [3.8, 4) is 5.75 Å². The fourth-order valence-corrected chi connectivity index (χ4v) is 3.14. The molecule has 0 aromatic heterocycles. The molecule has 10 heteroatoms. The average Bonchev–Trinajstić information content (AvgIpc) is 3.17. The SMILES string of the molecule is C[C@H](NC(=O)[C@@H](N)Cc1ccc(O)cc1)C(=O)NCC(=O)N1CCC[C@H]1C(N)=O. The number of hydrogen-bond acceptors (Lipinski definition) is 6. The molecule has 0 radical (unpaired) electrons. The van der Waals surface area contributed by atoms with Crippen LogP contribution in [0.4, 0.5) is 0 Å². The third-order valence-corrected chi connectivity index (χ3v) is 4.80. The molecule has 0 saturated carbocycles. The zero-order chi connectivity index (χ0) is 21.6. The van der Waals surface area contributed by atoms with Gasteiger partial charge in [0, 0.05) is 6.54 Å². The van der Waals surface area contributed by atoms with Gasteiger partial charge < -0.3 is 32.1 Å². The molecule has 1 aromatic rings. The number of likely N-dealkylation sites (tertiary alicyclic amines) is 1. The van der Waals surface area contributed by atoms with Crippen LogP contribution in [0, 0.1) is 0 Å². The van der Waals surface area contributed by atoms with E-state index < -0.39 is 41.8 Å². The number of nitrogens with two attached hydrogens (primary N) is 2. The van der Waals surface area contributed by atoms with E-state index in [0.717, 1.165) is 5.56 Å². The van der Waals surface area contributed by atoms with Crippen LogP contribution in [-0.2, 0) is 25.6 Å². The lowest BCUT2D eigenvalue weighted by atomic mass is 10.1. The Kier molecular flexibility index (Phi) is 7.54. The van der Waals surface area contributed by atoms with E-state index in [1.165, 1.54) is 24.0 Å². The van der Waals surface area contributed by atoms with Crippen LogP contribution in [0.15, 0.2) is 24.3 Å². The van der Waals surface area contributed by atoms with E-state index >= 15 is 0 Å². The molecule has 1 aromatic carbocycles. The lowest BCUT2D eigenvalue weighted by Crippen LogP contribution is -2.53. The standard InChI is InChI=1S/C19H27N5O5/c1-11(23-19(29)14(20)9-12-4-6-13(25)7-5-12)18(28)22-10-16(26)24-8-2-3-15(24)17(21)27/h4-7,11,14-15,25H,2-3,8-10,20H2,1H3,(H2,21,27)(H,22,28)(H,23,29)/t11-,14-,15-/m0/s1. The van der Waals surface area contributed by atoms with E-state index in [9.17, 15) is 24.3 Å². The van der Waals surface area contributed by atoms with E-state index in [0.29, 0.717) is 19.4 Å². The summed E-state index contributed by atoms with van der Waals surface area (Å²) in [7, 11) is 0. The molecule has 29 heavy (non-hydrogen) atoms. The van der Waals surface area contributed by atoms with Gasteiger partial charge in [-0.3, -0.25) is 19.2 Å². The van der Waals surface area contributed by atoms with Crippen LogP contribution in [0.3, 0.4) is 0 Å². The first kappa shape index (κ1) is 22.2. The quantitative estimate of drug-likeness (QED) is 0.347. The fourth-order valence-electron chi connectivity index (χ4n) is 3.14. The van der Waals surface area contributed by atoms with Crippen molar-refractivity contribution >= 4 is 23.6 Å². The van der Waals surface area contributed by atoms with Crippen molar-refractivity contribution < 1.29 is 24.3 Å². The van der Waals surface area contributed by atoms with Gasteiger partial charge in [-0.05, 0) is 43.9 Å². The second kappa shape index (κ2) is 9.87. The zero-order valence-electron chi connectivity index (χ0n) is 16.3. The number of carbonyl (C=O) groups is 4. The molecule has 0 aliphatic carbocycles. The molecule has 1 fully saturated rings. The number of primary amides is 1. The molecule has 0 bridgehead atoms. The van der Waals surface area contributed by atoms with Crippen molar-refractivity contribution in [1.29, 1.82) is 0 Å². The van der Waals surface area contributed by atoms with Crippen molar-refractivity contribution in [1.82, 2.24) is 15.5 Å². The largest absolute Gasteiger partial charge is 0.508 e. The van der Waals surface area contributed by atoms with Crippen LogP contribution in [0.1, 0.15) is 25.3 Å². The summed E-state index contributed by atoms with van der Waals surface area (Å²) in [4.78, 5) is 49.3. The Hall–Kier alpha value is -3.14. The Morgan fingerprint density at radius 2 is 1.86 bits per heavy atom. The van der Waals surface area contributed by atoms with Crippen molar-refractivity contribution in [3.05, 3.63) is 29.8 Å². The van der Waals surface area contributed by atoms with Gasteiger partial charge in [0.2, 0.25) is 23.6 Å². The number of carbonyl (C=O) groups excluding carboxylic acids is 4. The first-order chi connectivity index (χ1) is 13.7. The lowest BCUT2D eigenvalue weighted by Gasteiger charge is -2.23. The van der Waals surface area contributed by atoms with Crippen LogP contribution in [0.2, 0.25) is 0 Å². The summed E-state index contributed by atoms with van der Waals surface area (Å²) in [6, 6.07) is 3.88. The monoisotopic (exact) mass is 405 g/mol. The zero-order valence-corrected chi connectivity index (χ0v) is 16.3. The van der Waals surface area contributed by atoms with Crippen molar-refractivity contribution in [2.24, 2.45) is 11.5 Å². The average molecular weight is 405 g/mol. The normalized spacial score (nSPS) is 18.0. The molecule has 3 atom stereocenters. The van der Waals surface area contributed by atoms with E-state index in [1.807, 2.05) is 0 Å². The Balaban J connectivity index is 1.78. The molecule has 0 spiro atoms. The van der Waals surface area contributed by atoms with E-state index in [2.05, 4.69) is 10.6 Å². The number of phenolic OH excluding ortho intramolecular Hbond substituents is 1. The van der Waals surface area contributed by atoms with Crippen LogP contribution in [-0.4, -0.2) is 64.9 Å². The van der Waals surface area contributed by atoms with Gasteiger partial charge in [0.15, 0.2) is 0 Å². The first-order valence-corrected chi connectivity index (χ1v) is 9.39. The van der Waals surface area contributed by atoms with Crippen molar-refractivity contribution in [2.75, 3.05) is 13.1 Å². The molecular formula is C19H27N5O5. The molecule has 2 rings (SSSR count). The van der Waals surface area contributed by atoms with Crippen LogP contribution in [0.5, 0.6) is 5.75 Å². The number of phenols is 1. The maximum atomic E-state index is 12.2. The van der Waals surface area contributed by atoms with E-state index in [1.54, 1.807) is 12.1 Å². The summed E-state index contributed by atoms with van der Waals surface area (Å²) in [6.07, 6.45) is 1.43. The number of nitrogens with one attached hydrogen (secondary N) is 2. The molecule has 7 N–H and O–H groups in total. The smallest absolute Gasteiger partial charge is 0.242 e. The predicted molar refractivity (Wildman–Crippen MR) is 104 cm³/mol. The first-order valence-electron chi connectivity index (χ1n) is 9.39. The highest BCUT2D eigenvalue weighted by atomic mass is 16.3. The Morgan fingerprint density at radius 1 is 1.21 bits per heavy atom. The molecule has 1 saturated heterocycles. The molecule has 0 unspecified atom stereocenters. The third kappa shape index (κ3) is 6.18. The number of benzene rings is 1. The number of hydrogen-bond donors (Lipinski definition) is 5. The maximum Gasteiger partial charge on any atom is 0.242 e. The Morgan fingerprint density at radius 3 is 2.48 bits per heavy atom. The van der Waals surface area contributed by atoms with E-state index in [4.69, 9.17) is 11.5 Å². The minimum Gasteiger partial charge on any atom is -0.508 e. The van der Waals surface area contributed by atoms with Gasteiger partial charge in [-0.2, -0.15) is 0 Å². The Labute approximate surface area is 168 Å². The number of nitrogens with zero attached hydrogens (tertiary/aromatic N) is 1. The van der Waals surface area contributed by atoms with Gasteiger partial charge in [-0.1, -0.05) is 12.1 Å². The summed E-state index contributed by atoms with van der Waals surface area (Å²) in [6.45, 7) is 1.61.